The fourth-order valence-electron chi connectivity index (χ4n) is 4.74. The van der Waals surface area contributed by atoms with Gasteiger partial charge in [-0.05, 0) is 88.4 Å². The van der Waals surface area contributed by atoms with E-state index in [2.05, 4.69) is 5.32 Å². The molecule has 40 heavy (non-hydrogen) atoms. The summed E-state index contributed by atoms with van der Waals surface area (Å²) in [6, 6.07) is 21.0. The Morgan fingerprint density at radius 1 is 0.850 bits per heavy atom. The Balaban J connectivity index is 2.04. The molecule has 0 aliphatic rings. The molecule has 3 aromatic rings. The highest BCUT2D eigenvalue weighted by molar-refractivity contribution is 7.92. The first-order chi connectivity index (χ1) is 18.9. The molecule has 0 radical (unpaired) electrons. The molecule has 0 aliphatic carbocycles. The van der Waals surface area contributed by atoms with Gasteiger partial charge in [0.15, 0.2) is 0 Å². The molecule has 8 heteroatoms. The summed E-state index contributed by atoms with van der Waals surface area (Å²) in [5.74, 6) is -0.685. The summed E-state index contributed by atoms with van der Waals surface area (Å²) in [5.41, 5.74) is 4.14. The molecule has 3 aromatic carbocycles. The average molecular weight is 564 g/mol. The summed E-state index contributed by atoms with van der Waals surface area (Å²) in [6.07, 6.45) is 0.930. The second kappa shape index (κ2) is 13.6. The van der Waals surface area contributed by atoms with Crippen LogP contribution < -0.4 is 9.62 Å². The van der Waals surface area contributed by atoms with Gasteiger partial charge in [0.25, 0.3) is 10.0 Å². The predicted octanol–water partition coefficient (Wildman–Crippen LogP) is 5.18. The van der Waals surface area contributed by atoms with Gasteiger partial charge in [0.1, 0.15) is 12.6 Å². The molecule has 0 saturated carbocycles. The lowest BCUT2D eigenvalue weighted by Crippen LogP contribution is -2.54. The lowest BCUT2D eigenvalue weighted by molar-refractivity contribution is -0.139. The number of rotatable bonds is 12. The van der Waals surface area contributed by atoms with E-state index in [0.717, 1.165) is 22.3 Å². The largest absolute Gasteiger partial charge is 0.352 e. The molecule has 0 spiro atoms. The van der Waals surface area contributed by atoms with E-state index in [0.29, 0.717) is 18.5 Å². The highest BCUT2D eigenvalue weighted by Gasteiger charge is 2.33. The zero-order valence-electron chi connectivity index (χ0n) is 24.3. The lowest BCUT2D eigenvalue weighted by Gasteiger charge is -2.33. The van der Waals surface area contributed by atoms with Gasteiger partial charge in [-0.3, -0.25) is 13.9 Å². The van der Waals surface area contributed by atoms with E-state index in [4.69, 9.17) is 0 Å². The molecule has 2 amide bonds. The van der Waals surface area contributed by atoms with Gasteiger partial charge in [0.2, 0.25) is 11.8 Å². The average Bonchev–Trinajstić information content (AvgIpc) is 2.89. The molecule has 1 N–H and O–H groups in total. The molecular weight excluding hydrogens is 522 g/mol. The normalized spacial score (nSPS) is 12.2. The Morgan fingerprint density at radius 2 is 1.45 bits per heavy atom. The third-order valence-electron chi connectivity index (χ3n) is 6.68. The highest BCUT2D eigenvalue weighted by Crippen LogP contribution is 2.27. The van der Waals surface area contributed by atoms with Crippen LogP contribution >= 0.6 is 0 Å². The van der Waals surface area contributed by atoms with Crippen molar-refractivity contribution in [3.8, 4) is 0 Å². The van der Waals surface area contributed by atoms with Crippen LogP contribution in [0.5, 0.6) is 0 Å². The Kier molecular flexibility index (Phi) is 10.5. The molecule has 0 unspecified atom stereocenters. The Morgan fingerprint density at radius 3 is 2.00 bits per heavy atom. The van der Waals surface area contributed by atoms with Crippen molar-refractivity contribution < 1.29 is 18.0 Å². The van der Waals surface area contributed by atoms with Crippen molar-refractivity contribution in [3.05, 3.63) is 95.1 Å². The van der Waals surface area contributed by atoms with Gasteiger partial charge in [-0.25, -0.2) is 8.42 Å². The van der Waals surface area contributed by atoms with Crippen LogP contribution in [0.25, 0.3) is 0 Å². The first-order valence-corrected chi connectivity index (χ1v) is 15.2. The molecule has 0 aliphatic heterocycles. The van der Waals surface area contributed by atoms with Crippen LogP contribution in [0.1, 0.15) is 49.4 Å². The van der Waals surface area contributed by atoms with Crippen molar-refractivity contribution in [1.29, 1.82) is 0 Å². The van der Waals surface area contributed by atoms with Gasteiger partial charge in [0, 0.05) is 12.6 Å². The summed E-state index contributed by atoms with van der Waals surface area (Å²) in [4.78, 5) is 28.9. The summed E-state index contributed by atoms with van der Waals surface area (Å²) in [6.45, 7) is 11.1. The number of amides is 2. The van der Waals surface area contributed by atoms with E-state index < -0.39 is 28.5 Å². The second-order valence-electron chi connectivity index (χ2n) is 10.6. The van der Waals surface area contributed by atoms with E-state index in [1.165, 1.54) is 9.21 Å². The third kappa shape index (κ3) is 7.94. The van der Waals surface area contributed by atoms with Crippen molar-refractivity contribution in [2.75, 3.05) is 17.4 Å². The summed E-state index contributed by atoms with van der Waals surface area (Å²) >= 11 is 0. The summed E-state index contributed by atoms with van der Waals surface area (Å²) < 4.78 is 29.2. The summed E-state index contributed by atoms with van der Waals surface area (Å²) in [7, 11) is -4.09. The Labute approximate surface area is 239 Å². The van der Waals surface area contributed by atoms with E-state index >= 15 is 0 Å². The zero-order valence-corrected chi connectivity index (χ0v) is 25.2. The van der Waals surface area contributed by atoms with Crippen molar-refractivity contribution in [2.24, 2.45) is 0 Å². The number of anilines is 1. The standard InChI is InChI=1S/C32H41N3O4S/c1-7-30(32(37)33-23(2)3)34(18-17-27-11-9-8-10-12-27)31(36)22-35(28-20-25(5)19-26(6)21-28)40(38,39)29-15-13-24(4)14-16-29/h8-16,19-21,23,30H,7,17-18,22H2,1-6H3,(H,33,37)/t30-/m0/s1. The van der Waals surface area contributed by atoms with Crippen molar-refractivity contribution in [2.45, 2.75) is 71.4 Å². The number of nitrogens with zero attached hydrogens (tertiary/aromatic N) is 2. The smallest absolute Gasteiger partial charge is 0.264 e. The number of benzene rings is 3. The third-order valence-corrected chi connectivity index (χ3v) is 8.47. The second-order valence-corrected chi connectivity index (χ2v) is 12.4. The zero-order chi connectivity index (χ0) is 29.4. The topological polar surface area (TPSA) is 86.8 Å². The van der Waals surface area contributed by atoms with E-state index in [1.54, 1.807) is 36.4 Å². The Bertz CT molecular complexity index is 1380. The van der Waals surface area contributed by atoms with Gasteiger partial charge in [0.05, 0.1) is 10.6 Å². The highest BCUT2D eigenvalue weighted by atomic mass is 32.2. The SMILES string of the molecule is CC[C@@H](C(=O)NC(C)C)N(CCc1ccccc1)C(=O)CN(c1cc(C)cc(C)c1)S(=O)(=O)c1ccc(C)cc1. The van der Waals surface area contributed by atoms with Gasteiger partial charge < -0.3 is 10.2 Å². The van der Waals surface area contributed by atoms with E-state index in [9.17, 15) is 18.0 Å². The van der Waals surface area contributed by atoms with Crippen LogP contribution in [-0.2, 0) is 26.0 Å². The van der Waals surface area contributed by atoms with E-state index in [1.807, 2.05) is 77.9 Å². The van der Waals surface area contributed by atoms with Gasteiger partial charge in [-0.1, -0.05) is 61.0 Å². The fourth-order valence-corrected chi connectivity index (χ4v) is 6.14. The minimum absolute atomic E-state index is 0.0960. The number of aryl methyl sites for hydroxylation is 3. The molecule has 1 atom stereocenters. The maximum atomic E-state index is 14.1. The molecule has 0 aromatic heterocycles. The minimum atomic E-state index is -4.09. The van der Waals surface area contributed by atoms with Gasteiger partial charge >= 0.3 is 0 Å². The van der Waals surface area contributed by atoms with Crippen LogP contribution in [0.15, 0.2) is 77.7 Å². The first-order valence-electron chi connectivity index (χ1n) is 13.7. The molecule has 0 heterocycles. The maximum absolute atomic E-state index is 14.1. The number of carbonyl (C=O) groups excluding carboxylic acids is 2. The summed E-state index contributed by atoms with van der Waals surface area (Å²) in [5, 5.41) is 2.92. The van der Waals surface area contributed by atoms with Gasteiger partial charge in [-0.2, -0.15) is 0 Å². The number of sulfonamides is 1. The fraction of sp³-hybridized carbons (Fsp3) is 0.375. The number of hydrogen-bond acceptors (Lipinski definition) is 4. The molecule has 214 valence electrons. The molecule has 0 fully saturated rings. The van der Waals surface area contributed by atoms with Crippen LogP contribution in [0.3, 0.4) is 0 Å². The quantitative estimate of drug-likeness (QED) is 0.329. The number of hydrogen-bond donors (Lipinski definition) is 1. The lowest BCUT2D eigenvalue weighted by atomic mass is 10.1. The monoisotopic (exact) mass is 563 g/mol. The minimum Gasteiger partial charge on any atom is -0.352 e. The van der Waals surface area contributed by atoms with Crippen molar-refractivity contribution in [1.82, 2.24) is 10.2 Å². The van der Waals surface area contributed by atoms with Crippen molar-refractivity contribution in [3.63, 3.8) is 0 Å². The molecule has 3 rings (SSSR count). The predicted molar refractivity (Wildman–Crippen MR) is 161 cm³/mol. The molecule has 0 bridgehead atoms. The van der Waals surface area contributed by atoms with Gasteiger partial charge in [-0.15, -0.1) is 0 Å². The van der Waals surface area contributed by atoms with E-state index in [-0.39, 0.29) is 23.4 Å². The van der Waals surface area contributed by atoms with Crippen LogP contribution in [0.2, 0.25) is 0 Å². The Hall–Kier alpha value is -3.65. The number of nitrogens with one attached hydrogen (secondary N) is 1. The van der Waals surface area contributed by atoms with Crippen molar-refractivity contribution >= 4 is 27.5 Å². The van der Waals surface area contributed by atoms with Crippen LogP contribution in [-0.4, -0.2) is 50.3 Å². The van der Waals surface area contributed by atoms with Crippen LogP contribution in [0, 0.1) is 20.8 Å². The maximum Gasteiger partial charge on any atom is 0.264 e. The van der Waals surface area contributed by atoms with Crippen LogP contribution in [0.4, 0.5) is 5.69 Å². The first kappa shape index (κ1) is 30.9. The molecule has 0 saturated heterocycles. The molecular formula is C32H41N3O4S. The number of carbonyl (C=O) groups is 2. The molecule has 7 nitrogen and oxygen atoms in total.